The topological polar surface area (TPSA) is 43.8 Å². The van der Waals surface area contributed by atoms with Crippen LogP contribution < -0.4 is 5.73 Å². The van der Waals surface area contributed by atoms with Crippen LogP contribution in [0.1, 0.15) is 51.1 Å². The molecule has 108 valence electrons. The van der Waals surface area contributed by atoms with Crippen molar-refractivity contribution in [2.45, 2.75) is 52.5 Å². The summed E-state index contributed by atoms with van der Waals surface area (Å²) in [4.78, 5) is 4.58. The Labute approximate surface area is 121 Å². The van der Waals surface area contributed by atoms with E-state index in [1.807, 2.05) is 0 Å². The molecule has 20 heavy (non-hydrogen) atoms. The highest BCUT2D eigenvalue weighted by Crippen LogP contribution is 2.41. The molecule has 3 nitrogen and oxygen atoms in total. The van der Waals surface area contributed by atoms with Crippen molar-refractivity contribution in [1.29, 1.82) is 0 Å². The molecule has 0 amide bonds. The minimum atomic E-state index is 0.509. The zero-order valence-corrected chi connectivity index (χ0v) is 12.8. The molecule has 1 aliphatic carbocycles. The maximum Gasteiger partial charge on any atom is 0.201 e. The number of hydrogen-bond donors (Lipinski definition) is 1. The van der Waals surface area contributed by atoms with Crippen molar-refractivity contribution in [3.05, 3.63) is 23.8 Å². The molecular formula is C17H25N3. The molecule has 0 bridgehead atoms. The van der Waals surface area contributed by atoms with Crippen LogP contribution >= 0.6 is 0 Å². The quantitative estimate of drug-likeness (QED) is 0.884. The van der Waals surface area contributed by atoms with Gasteiger partial charge in [-0.1, -0.05) is 38.8 Å². The van der Waals surface area contributed by atoms with Gasteiger partial charge in [-0.2, -0.15) is 0 Å². The van der Waals surface area contributed by atoms with E-state index in [1.165, 1.54) is 36.8 Å². The maximum atomic E-state index is 6.27. The Kier molecular flexibility index (Phi) is 3.45. The number of anilines is 1. The number of rotatable bonds is 2. The monoisotopic (exact) mass is 271 g/mol. The van der Waals surface area contributed by atoms with Gasteiger partial charge >= 0.3 is 0 Å². The lowest BCUT2D eigenvalue weighted by atomic mass is 9.77. The summed E-state index contributed by atoms with van der Waals surface area (Å²) in [7, 11) is 0. The van der Waals surface area contributed by atoms with E-state index in [0.717, 1.165) is 5.52 Å². The number of hydrogen-bond acceptors (Lipinski definition) is 2. The standard InChI is InChI=1S/C17H25N3/c1-11(2)13-8-4-5-10-15(13)20-16-12(3)7-6-9-14(16)19-17(20)18/h6-7,9,11,13,15H,4-5,8,10H2,1-3H3,(H2,18,19). The molecule has 2 atom stereocenters. The molecule has 2 aromatic rings. The van der Waals surface area contributed by atoms with Gasteiger partial charge < -0.3 is 10.3 Å². The fourth-order valence-corrected chi connectivity index (χ4v) is 3.91. The van der Waals surface area contributed by atoms with Crippen molar-refractivity contribution in [2.24, 2.45) is 11.8 Å². The molecule has 1 aliphatic rings. The second-order valence-electron chi connectivity index (χ2n) is 6.54. The van der Waals surface area contributed by atoms with Crippen LogP contribution in [-0.4, -0.2) is 9.55 Å². The van der Waals surface area contributed by atoms with E-state index in [1.54, 1.807) is 0 Å². The second-order valence-corrected chi connectivity index (χ2v) is 6.54. The Hall–Kier alpha value is -1.51. The van der Waals surface area contributed by atoms with Crippen molar-refractivity contribution in [1.82, 2.24) is 9.55 Å². The number of nitrogens with zero attached hydrogens (tertiary/aromatic N) is 2. The van der Waals surface area contributed by atoms with Crippen LogP contribution in [0.5, 0.6) is 0 Å². The lowest BCUT2D eigenvalue weighted by Gasteiger charge is -2.36. The van der Waals surface area contributed by atoms with Gasteiger partial charge in [0.1, 0.15) is 0 Å². The number of para-hydroxylation sites is 1. The number of aromatic nitrogens is 2. The Morgan fingerprint density at radius 2 is 2.00 bits per heavy atom. The molecular weight excluding hydrogens is 246 g/mol. The van der Waals surface area contributed by atoms with Crippen molar-refractivity contribution < 1.29 is 0 Å². The summed E-state index contributed by atoms with van der Waals surface area (Å²) in [6, 6.07) is 6.81. The molecule has 3 rings (SSSR count). The largest absolute Gasteiger partial charge is 0.369 e. The van der Waals surface area contributed by atoms with Gasteiger partial charge in [-0.05, 0) is 43.2 Å². The Bertz CT molecular complexity index is 612. The predicted octanol–water partition coefficient (Wildman–Crippen LogP) is 4.31. The average Bonchev–Trinajstić information content (AvgIpc) is 2.76. The lowest BCUT2D eigenvalue weighted by molar-refractivity contribution is 0.189. The van der Waals surface area contributed by atoms with Crippen LogP contribution in [-0.2, 0) is 0 Å². The molecule has 1 aromatic carbocycles. The molecule has 0 spiro atoms. The van der Waals surface area contributed by atoms with Crippen LogP contribution in [0.3, 0.4) is 0 Å². The minimum Gasteiger partial charge on any atom is -0.369 e. The van der Waals surface area contributed by atoms with E-state index >= 15 is 0 Å². The molecule has 1 heterocycles. The third kappa shape index (κ3) is 2.09. The summed E-state index contributed by atoms with van der Waals surface area (Å²) in [6.07, 6.45) is 5.20. The minimum absolute atomic E-state index is 0.509. The fourth-order valence-electron chi connectivity index (χ4n) is 3.91. The highest BCUT2D eigenvalue weighted by Gasteiger charge is 2.31. The molecule has 1 fully saturated rings. The summed E-state index contributed by atoms with van der Waals surface area (Å²) in [5.41, 5.74) is 9.82. The van der Waals surface area contributed by atoms with E-state index in [2.05, 4.69) is 48.5 Å². The lowest BCUT2D eigenvalue weighted by Crippen LogP contribution is -2.28. The first-order valence-electron chi connectivity index (χ1n) is 7.82. The van der Waals surface area contributed by atoms with Gasteiger partial charge in [0, 0.05) is 6.04 Å². The SMILES string of the molecule is Cc1cccc2nc(N)n(C3CCCCC3C(C)C)c12. The van der Waals surface area contributed by atoms with Gasteiger partial charge in [0.2, 0.25) is 5.95 Å². The summed E-state index contributed by atoms with van der Waals surface area (Å²) < 4.78 is 2.33. The number of fused-ring (bicyclic) bond motifs is 1. The van der Waals surface area contributed by atoms with Gasteiger partial charge in [0.15, 0.2) is 0 Å². The van der Waals surface area contributed by atoms with Gasteiger partial charge in [-0.15, -0.1) is 0 Å². The highest BCUT2D eigenvalue weighted by molar-refractivity contribution is 5.81. The van der Waals surface area contributed by atoms with Crippen LogP contribution in [0.25, 0.3) is 11.0 Å². The van der Waals surface area contributed by atoms with Gasteiger partial charge in [-0.25, -0.2) is 4.98 Å². The Balaban J connectivity index is 2.15. The molecule has 0 aliphatic heterocycles. The summed E-state index contributed by atoms with van der Waals surface area (Å²) >= 11 is 0. The fraction of sp³-hybridized carbons (Fsp3) is 0.588. The first kappa shape index (κ1) is 13.5. The molecule has 1 saturated carbocycles. The number of nitrogen functional groups attached to an aromatic ring is 1. The van der Waals surface area contributed by atoms with Crippen molar-refractivity contribution in [3.63, 3.8) is 0 Å². The van der Waals surface area contributed by atoms with Crippen LogP contribution in [0.2, 0.25) is 0 Å². The first-order valence-corrected chi connectivity index (χ1v) is 7.82. The third-order valence-electron chi connectivity index (χ3n) is 4.91. The highest BCUT2D eigenvalue weighted by atomic mass is 15.2. The normalized spacial score (nSPS) is 23.6. The van der Waals surface area contributed by atoms with Crippen molar-refractivity contribution >= 4 is 17.0 Å². The molecule has 1 aromatic heterocycles. The third-order valence-corrected chi connectivity index (χ3v) is 4.91. The van der Waals surface area contributed by atoms with E-state index in [4.69, 9.17) is 5.73 Å². The van der Waals surface area contributed by atoms with E-state index in [9.17, 15) is 0 Å². The Morgan fingerprint density at radius 1 is 1.25 bits per heavy atom. The first-order chi connectivity index (χ1) is 9.59. The van der Waals surface area contributed by atoms with Gasteiger partial charge in [0.25, 0.3) is 0 Å². The molecule has 2 N–H and O–H groups in total. The maximum absolute atomic E-state index is 6.27. The van der Waals surface area contributed by atoms with Crippen molar-refractivity contribution in [3.8, 4) is 0 Å². The molecule has 3 heteroatoms. The Morgan fingerprint density at radius 3 is 2.75 bits per heavy atom. The number of benzene rings is 1. The molecule has 0 radical (unpaired) electrons. The van der Waals surface area contributed by atoms with Crippen LogP contribution in [0.4, 0.5) is 5.95 Å². The molecule has 0 saturated heterocycles. The van der Waals surface area contributed by atoms with Gasteiger partial charge in [0.05, 0.1) is 11.0 Å². The number of nitrogens with two attached hydrogens (primary N) is 1. The smallest absolute Gasteiger partial charge is 0.201 e. The van der Waals surface area contributed by atoms with E-state index in [-0.39, 0.29) is 0 Å². The summed E-state index contributed by atoms with van der Waals surface area (Å²) in [6.45, 7) is 6.84. The number of aryl methyl sites for hydroxylation is 1. The van der Waals surface area contributed by atoms with Crippen LogP contribution in [0.15, 0.2) is 18.2 Å². The zero-order chi connectivity index (χ0) is 14.3. The number of imidazole rings is 1. The van der Waals surface area contributed by atoms with Gasteiger partial charge in [-0.3, -0.25) is 0 Å². The second kappa shape index (κ2) is 5.12. The molecule has 2 unspecified atom stereocenters. The summed E-state index contributed by atoms with van der Waals surface area (Å²) in [5, 5.41) is 0. The van der Waals surface area contributed by atoms with E-state index < -0.39 is 0 Å². The average molecular weight is 271 g/mol. The predicted molar refractivity (Wildman–Crippen MR) is 84.7 cm³/mol. The van der Waals surface area contributed by atoms with E-state index in [0.29, 0.717) is 23.8 Å². The summed E-state index contributed by atoms with van der Waals surface area (Å²) in [5.74, 6) is 2.09. The zero-order valence-electron chi connectivity index (χ0n) is 12.8. The van der Waals surface area contributed by atoms with Crippen LogP contribution in [0, 0.1) is 18.8 Å². The van der Waals surface area contributed by atoms with Crippen molar-refractivity contribution in [2.75, 3.05) is 5.73 Å².